The van der Waals surface area contributed by atoms with E-state index in [4.69, 9.17) is 9.88 Å². The number of nitrogens with two attached hydrogens (primary N) is 1. The van der Waals surface area contributed by atoms with Gasteiger partial charge in [-0.1, -0.05) is 6.92 Å². The first kappa shape index (κ1) is 19.7. The number of nitrogens with zero attached hydrogens (tertiary/aromatic N) is 2. The number of fused-ring (bicyclic) bond motifs is 1. The van der Waals surface area contributed by atoms with Crippen LogP contribution >= 0.6 is 0 Å². The minimum absolute atomic E-state index is 0.0943. The van der Waals surface area contributed by atoms with Crippen molar-refractivity contribution in [1.82, 2.24) is 9.71 Å². The first-order chi connectivity index (χ1) is 12.8. The highest BCUT2D eigenvalue weighted by Gasteiger charge is 2.25. The molecule has 1 fully saturated rings. The molecule has 0 amide bonds. The minimum atomic E-state index is -3.65. The molecule has 0 aliphatic carbocycles. The third kappa shape index (κ3) is 4.60. The van der Waals surface area contributed by atoms with Crippen molar-refractivity contribution in [2.45, 2.75) is 19.8 Å². The second-order valence-electron chi connectivity index (χ2n) is 7.07. The zero-order chi connectivity index (χ0) is 19.6. The molecule has 1 aliphatic heterocycles. The molecule has 0 radical (unpaired) electrons. The predicted molar refractivity (Wildman–Crippen MR) is 105 cm³/mol. The molecular weight excluding hydrogens is 368 g/mol. The zero-order valence-electron chi connectivity index (χ0n) is 15.6. The third-order valence-corrected chi connectivity index (χ3v) is 5.88. The van der Waals surface area contributed by atoms with Crippen molar-refractivity contribution in [1.29, 1.82) is 0 Å². The molecule has 1 aromatic carbocycles. The van der Waals surface area contributed by atoms with Gasteiger partial charge in [0.1, 0.15) is 0 Å². The molecule has 3 rings (SSSR count). The maximum Gasteiger partial charge on any atom is 0.274 e. The van der Waals surface area contributed by atoms with E-state index in [1.165, 1.54) is 7.11 Å². The lowest BCUT2D eigenvalue weighted by Crippen LogP contribution is -2.40. The summed E-state index contributed by atoms with van der Waals surface area (Å²) >= 11 is 0. The van der Waals surface area contributed by atoms with Gasteiger partial charge in [0.15, 0.2) is 11.5 Å². The molecule has 1 aromatic heterocycles. The molecule has 8 nitrogen and oxygen atoms in total. The monoisotopic (exact) mass is 394 g/mol. The Labute approximate surface area is 159 Å². The highest BCUT2D eigenvalue weighted by molar-refractivity contribution is 7.87. The fourth-order valence-electron chi connectivity index (χ4n) is 3.71. The molecule has 1 atom stereocenters. The lowest BCUT2D eigenvalue weighted by Gasteiger charge is -2.36. The third-order valence-electron chi connectivity index (χ3n) is 5.31. The summed E-state index contributed by atoms with van der Waals surface area (Å²) in [7, 11) is -2.13. The molecule has 2 aromatic rings. The topological polar surface area (TPSA) is 118 Å². The fraction of sp³-hybridized carbons (Fsp3) is 0.500. The largest absolute Gasteiger partial charge is 0.504 e. The van der Waals surface area contributed by atoms with E-state index in [2.05, 4.69) is 14.6 Å². The molecule has 1 saturated heterocycles. The number of pyridine rings is 1. The second-order valence-corrected chi connectivity index (χ2v) is 8.45. The Kier molecular flexibility index (Phi) is 5.73. The van der Waals surface area contributed by atoms with Gasteiger partial charge in [0.25, 0.3) is 10.2 Å². The van der Waals surface area contributed by atoms with E-state index in [0.717, 1.165) is 42.5 Å². The molecular formula is C18H26N4O4S. The van der Waals surface area contributed by atoms with Crippen LogP contribution in [0.25, 0.3) is 10.9 Å². The van der Waals surface area contributed by atoms with E-state index in [0.29, 0.717) is 18.2 Å². The van der Waals surface area contributed by atoms with Crippen LogP contribution in [0.15, 0.2) is 24.4 Å². The molecule has 1 unspecified atom stereocenters. The number of phenolic OH excluding ortho intramolecular Hbond substituents is 1. The molecule has 4 N–H and O–H groups in total. The van der Waals surface area contributed by atoms with Crippen LogP contribution in [0.4, 0.5) is 5.69 Å². The quantitative estimate of drug-likeness (QED) is 0.685. The van der Waals surface area contributed by atoms with Crippen molar-refractivity contribution in [2.75, 3.05) is 31.6 Å². The summed E-state index contributed by atoms with van der Waals surface area (Å²) in [4.78, 5) is 6.67. The number of benzene rings is 1. The number of aromatic hydroxyl groups is 1. The Hall–Kier alpha value is -2.10. The van der Waals surface area contributed by atoms with Gasteiger partial charge >= 0.3 is 0 Å². The molecule has 2 heterocycles. The van der Waals surface area contributed by atoms with Gasteiger partial charge in [0.05, 0.1) is 12.6 Å². The van der Waals surface area contributed by atoms with E-state index in [1.54, 1.807) is 18.3 Å². The van der Waals surface area contributed by atoms with Crippen LogP contribution in [-0.2, 0) is 10.2 Å². The summed E-state index contributed by atoms with van der Waals surface area (Å²) in [6.45, 7) is 4.12. The number of nitrogens with one attached hydrogen (secondary N) is 1. The Morgan fingerprint density at radius 1 is 1.41 bits per heavy atom. The lowest BCUT2D eigenvalue weighted by molar-refractivity contribution is 0.293. The molecule has 0 bridgehead atoms. The van der Waals surface area contributed by atoms with Crippen LogP contribution in [0.5, 0.6) is 11.5 Å². The van der Waals surface area contributed by atoms with E-state index in [-0.39, 0.29) is 11.7 Å². The summed E-state index contributed by atoms with van der Waals surface area (Å²) in [5.41, 5.74) is 1.81. The summed E-state index contributed by atoms with van der Waals surface area (Å²) < 4.78 is 29.7. The number of hydrogen-bond acceptors (Lipinski definition) is 6. The van der Waals surface area contributed by atoms with Gasteiger partial charge in [-0.25, -0.2) is 9.86 Å². The van der Waals surface area contributed by atoms with Crippen molar-refractivity contribution in [3.63, 3.8) is 0 Å². The Morgan fingerprint density at radius 3 is 2.74 bits per heavy atom. The van der Waals surface area contributed by atoms with Crippen molar-refractivity contribution in [3.05, 3.63) is 24.4 Å². The lowest BCUT2D eigenvalue weighted by atomic mass is 9.85. The standard InChI is InChI=1S/C18H26N4O4S/c1-12(11-21-27(19,24)25)13-4-7-22(8-5-13)16-3-6-20-15-10-18(26-2)17(23)9-14(15)16/h3,6,9-10,12-13,21,23H,4-5,7-8,11H2,1-2H3,(H2,19,24,25). The average molecular weight is 394 g/mol. The first-order valence-electron chi connectivity index (χ1n) is 8.96. The predicted octanol–water partition coefficient (Wildman–Crippen LogP) is 1.59. The van der Waals surface area contributed by atoms with Gasteiger partial charge in [0.2, 0.25) is 0 Å². The van der Waals surface area contributed by atoms with Gasteiger partial charge in [-0.15, -0.1) is 0 Å². The number of methoxy groups -OCH3 is 1. The van der Waals surface area contributed by atoms with Crippen molar-refractivity contribution in [3.8, 4) is 11.5 Å². The second kappa shape index (κ2) is 7.87. The van der Waals surface area contributed by atoms with E-state index < -0.39 is 10.2 Å². The maximum atomic E-state index is 11.1. The zero-order valence-corrected chi connectivity index (χ0v) is 16.4. The van der Waals surface area contributed by atoms with Crippen LogP contribution in [0, 0.1) is 11.8 Å². The van der Waals surface area contributed by atoms with Crippen molar-refractivity contribution in [2.24, 2.45) is 17.0 Å². The van der Waals surface area contributed by atoms with Crippen LogP contribution in [0.2, 0.25) is 0 Å². The molecule has 9 heteroatoms. The highest BCUT2D eigenvalue weighted by atomic mass is 32.2. The normalized spacial score (nSPS) is 17.2. The number of aromatic nitrogens is 1. The summed E-state index contributed by atoms with van der Waals surface area (Å²) in [6, 6.07) is 5.39. The van der Waals surface area contributed by atoms with Gasteiger partial charge < -0.3 is 14.7 Å². The number of piperidine rings is 1. The van der Waals surface area contributed by atoms with Gasteiger partial charge in [-0.3, -0.25) is 4.98 Å². The van der Waals surface area contributed by atoms with Gasteiger partial charge in [-0.05, 0) is 36.8 Å². The maximum absolute atomic E-state index is 11.1. The van der Waals surface area contributed by atoms with Gasteiger partial charge in [0, 0.05) is 43.0 Å². The van der Waals surface area contributed by atoms with Crippen LogP contribution in [0.1, 0.15) is 19.8 Å². The molecule has 1 aliphatic rings. The average Bonchev–Trinajstić information content (AvgIpc) is 2.64. The highest BCUT2D eigenvalue weighted by Crippen LogP contribution is 2.36. The summed E-state index contributed by atoms with van der Waals surface area (Å²) in [5, 5.41) is 16.0. The van der Waals surface area contributed by atoms with Gasteiger partial charge in [-0.2, -0.15) is 8.42 Å². The SMILES string of the molecule is COc1cc2nccc(N3CCC(C(C)CNS(N)(=O)=O)CC3)c2cc1O. The Morgan fingerprint density at radius 2 is 2.11 bits per heavy atom. The molecule has 0 saturated carbocycles. The minimum Gasteiger partial charge on any atom is -0.504 e. The molecule has 0 spiro atoms. The van der Waals surface area contributed by atoms with E-state index in [1.807, 2.05) is 13.0 Å². The first-order valence-corrected chi connectivity index (χ1v) is 10.5. The van der Waals surface area contributed by atoms with Crippen LogP contribution in [-0.4, -0.2) is 45.3 Å². The van der Waals surface area contributed by atoms with Crippen molar-refractivity contribution < 1.29 is 18.3 Å². The number of phenols is 1. The van der Waals surface area contributed by atoms with Crippen LogP contribution < -0.4 is 19.5 Å². The number of anilines is 1. The number of rotatable bonds is 6. The number of hydrogen-bond donors (Lipinski definition) is 3. The summed E-state index contributed by atoms with van der Waals surface area (Å²) in [6.07, 6.45) is 3.68. The molecule has 27 heavy (non-hydrogen) atoms. The fourth-order valence-corrected chi connectivity index (χ4v) is 4.21. The number of ether oxygens (including phenoxy) is 1. The Balaban J connectivity index is 1.72. The van der Waals surface area contributed by atoms with E-state index in [9.17, 15) is 13.5 Å². The van der Waals surface area contributed by atoms with Crippen LogP contribution in [0.3, 0.4) is 0 Å². The van der Waals surface area contributed by atoms with E-state index >= 15 is 0 Å². The molecule has 148 valence electrons. The Bertz CT molecular complexity index is 911. The summed E-state index contributed by atoms with van der Waals surface area (Å²) in [5.74, 6) is 1.14. The van der Waals surface area contributed by atoms with Crippen molar-refractivity contribution >= 4 is 26.8 Å². The smallest absolute Gasteiger partial charge is 0.274 e.